The Kier molecular flexibility index (Phi) is 4.39. The number of aliphatic carboxylic acids is 1. The van der Waals surface area contributed by atoms with Crippen LogP contribution in [-0.2, 0) is 9.59 Å². The number of carboxylic acid groups (broad SMARTS) is 1. The second-order valence-electron chi connectivity index (χ2n) is 4.61. The summed E-state index contributed by atoms with van der Waals surface area (Å²) in [5.41, 5.74) is -0.00177. The molecular formula is C14H13ClFNO3. The smallest absolute Gasteiger partial charge is 0.307 e. The van der Waals surface area contributed by atoms with E-state index in [4.69, 9.17) is 16.7 Å². The Labute approximate surface area is 120 Å². The minimum Gasteiger partial charge on any atom is -0.481 e. The van der Waals surface area contributed by atoms with E-state index in [0.29, 0.717) is 12.8 Å². The molecule has 1 amide bonds. The lowest BCUT2D eigenvalue weighted by Gasteiger charge is -2.24. The first-order chi connectivity index (χ1) is 9.49. The van der Waals surface area contributed by atoms with Gasteiger partial charge in [-0.25, -0.2) is 4.39 Å². The lowest BCUT2D eigenvalue weighted by molar-refractivity contribution is -0.146. The second kappa shape index (κ2) is 6.05. The number of allylic oxidation sites excluding steroid dienone is 2. The highest BCUT2D eigenvalue weighted by Gasteiger charge is 2.34. The first-order valence-corrected chi connectivity index (χ1v) is 6.50. The van der Waals surface area contributed by atoms with E-state index in [1.165, 1.54) is 12.1 Å². The van der Waals surface area contributed by atoms with Gasteiger partial charge in [0.1, 0.15) is 5.82 Å². The summed E-state index contributed by atoms with van der Waals surface area (Å²) in [7, 11) is 0. The number of hydrogen-bond acceptors (Lipinski definition) is 2. The Morgan fingerprint density at radius 1 is 1.25 bits per heavy atom. The zero-order valence-corrected chi connectivity index (χ0v) is 11.2. The Bertz CT molecular complexity index is 574. The molecule has 0 saturated carbocycles. The predicted octanol–water partition coefficient (Wildman–Crippen LogP) is 3.08. The molecule has 0 heterocycles. The van der Waals surface area contributed by atoms with Gasteiger partial charge in [-0.05, 0) is 31.0 Å². The molecule has 0 unspecified atom stereocenters. The standard InChI is InChI=1S/C14H13ClFNO3/c15-8-5-6-12(11(16)7-8)17-13(18)9-3-1-2-4-10(9)14(19)20/h1-2,5-7,9-10H,3-4H2,(H,17,18)(H,19,20)/t9-,10-/m0/s1. The lowest BCUT2D eigenvalue weighted by atomic mass is 9.82. The van der Waals surface area contributed by atoms with Crippen molar-refractivity contribution in [3.8, 4) is 0 Å². The molecule has 0 aliphatic heterocycles. The third-order valence-corrected chi connectivity index (χ3v) is 3.51. The summed E-state index contributed by atoms with van der Waals surface area (Å²) in [6.07, 6.45) is 4.14. The van der Waals surface area contributed by atoms with Crippen molar-refractivity contribution >= 4 is 29.2 Å². The van der Waals surface area contributed by atoms with Crippen LogP contribution in [0.5, 0.6) is 0 Å². The lowest BCUT2D eigenvalue weighted by Crippen LogP contribution is -2.34. The van der Waals surface area contributed by atoms with Crippen molar-refractivity contribution in [2.24, 2.45) is 11.8 Å². The molecule has 0 spiro atoms. The van der Waals surface area contributed by atoms with E-state index in [1.54, 1.807) is 12.2 Å². The molecule has 2 N–H and O–H groups in total. The third-order valence-electron chi connectivity index (χ3n) is 3.28. The molecule has 1 aromatic carbocycles. The van der Waals surface area contributed by atoms with Gasteiger partial charge in [0.25, 0.3) is 0 Å². The van der Waals surface area contributed by atoms with Gasteiger partial charge < -0.3 is 10.4 Å². The normalized spacial score (nSPS) is 21.5. The summed E-state index contributed by atoms with van der Waals surface area (Å²) in [6, 6.07) is 3.90. The van der Waals surface area contributed by atoms with Gasteiger partial charge in [0.15, 0.2) is 0 Å². The third kappa shape index (κ3) is 3.17. The van der Waals surface area contributed by atoms with Gasteiger partial charge in [0.2, 0.25) is 5.91 Å². The number of nitrogens with one attached hydrogen (secondary N) is 1. The second-order valence-corrected chi connectivity index (χ2v) is 5.04. The maximum atomic E-state index is 13.6. The van der Waals surface area contributed by atoms with Crippen molar-refractivity contribution in [2.45, 2.75) is 12.8 Å². The van der Waals surface area contributed by atoms with E-state index in [1.807, 2.05) is 0 Å². The summed E-state index contributed by atoms with van der Waals surface area (Å²) in [4.78, 5) is 23.2. The number of hydrogen-bond donors (Lipinski definition) is 2. The minimum absolute atomic E-state index is 0.00177. The number of carbonyl (C=O) groups excluding carboxylic acids is 1. The number of amides is 1. The fourth-order valence-corrected chi connectivity index (χ4v) is 2.35. The van der Waals surface area contributed by atoms with Gasteiger partial charge in [-0.2, -0.15) is 0 Å². The van der Waals surface area contributed by atoms with Crippen molar-refractivity contribution in [1.82, 2.24) is 0 Å². The molecule has 20 heavy (non-hydrogen) atoms. The Morgan fingerprint density at radius 3 is 2.50 bits per heavy atom. The van der Waals surface area contributed by atoms with Crippen molar-refractivity contribution in [3.63, 3.8) is 0 Å². The molecule has 0 fully saturated rings. The molecule has 2 rings (SSSR count). The van der Waals surface area contributed by atoms with Gasteiger partial charge in [-0.3, -0.25) is 9.59 Å². The molecule has 6 heteroatoms. The van der Waals surface area contributed by atoms with Crippen LogP contribution in [0.25, 0.3) is 0 Å². The summed E-state index contributed by atoms with van der Waals surface area (Å²) in [5, 5.41) is 11.8. The number of halogens is 2. The van der Waals surface area contributed by atoms with Crippen LogP contribution in [0.1, 0.15) is 12.8 Å². The number of benzene rings is 1. The fraction of sp³-hybridized carbons (Fsp3) is 0.286. The Hall–Kier alpha value is -1.88. The Balaban J connectivity index is 2.14. The zero-order chi connectivity index (χ0) is 14.7. The topological polar surface area (TPSA) is 66.4 Å². The molecular weight excluding hydrogens is 285 g/mol. The summed E-state index contributed by atoms with van der Waals surface area (Å²) >= 11 is 5.63. The maximum Gasteiger partial charge on any atom is 0.307 e. The highest BCUT2D eigenvalue weighted by molar-refractivity contribution is 6.30. The monoisotopic (exact) mass is 297 g/mol. The van der Waals surface area contributed by atoms with Gasteiger partial charge in [0.05, 0.1) is 17.5 Å². The quantitative estimate of drug-likeness (QED) is 0.843. The van der Waals surface area contributed by atoms with Crippen LogP contribution < -0.4 is 5.32 Å². The molecule has 2 atom stereocenters. The van der Waals surface area contributed by atoms with E-state index in [9.17, 15) is 14.0 Å². The number of anilines is 1. The van der Waals surface area contributed by atoms with Crippen LogP contribution in [0.15, 0.2) is 30.4 Å². The first-order valence-electron chi connectivity index (χ1n) is 6.12. The van der Waals surface area contributed by atoms with Crippen LogP contribution in [-0.4, -0.2) is 17.0 Å². The van der Waals surface area contributed by atoms with E-state index < -0.39 is 29.5 Å². The Morgan fingerprint density at radius 2 is 1.90 bits per heavy atom. The molecule has 0 saturated heterocycles. The SMILES string of the molecule is O=C(O)[C@H]1CC=CC[C@@H]1C(=O)Nc1ccc(Cl)cc1F. The number of carbonyl (C=O) groups is 2. The van der Waals surface area contributed by atoms with Gasteiger partial charge in [0, 0.05) is 5.02 Å². The van der Waals surface area contributed by atoms with Crippen molar-refractivity contribution in [3.05, 3.63) is 41.2 Å². The van der Waals surface area contributed by atoms with Crippen LogP contribution in [0.4, 0.5) is 10.1 Å². The molecule has 0 radical (unpaired) electrons. The molecule has 4 nitrogen and oxygen atoms in total. The first kappa shape index (κ1) is 14.5. The van der Waals surface area contributed by atoms with Crippen LogP contribution in [0.2, 0.25) is 5.02 Å². The largest absolute Gasteiger partial charge is 0.481 e. The van der Waals surface area contributed by atoms with E-state index in [0.717, 1.165) is 6.07 Å². The van der Waals surface area contributed by atoms with E-state index in [2.05, 4.69) is 5.32 Å². The van der Waals surface area contributed by atoms with Gasteiger partial charge in [-0.15, -0.1) is 0 Å². The summed E-state index contributed by atoms with van der Waals surface area (Å²) in [6.45, 7) is 0. The van der Waals surface area contributed by atoms with E-state index >= 15 is 0 Å². The zero-order valence-electron chi connectivity index (χ0n) is 10.5. The van der Waals surface area contributed by atoms with Gasteiger partial charge >= 0.3 is 5.97 Å². The van der Waals surface area contributed by atoms with Crippen molar-refractivity contribution in [1.29, 1.82) is 0 Å². The van der Waals surface area contributed by atoms with Crippen LogP contribution in [0.3, 0.4) is 0 Å². The molecule has 1 aliphatic rings. The summed E-state index contributed by atoms with van der Waals surface area (Å²) < 4.78 is 13.6. The minimum atomic E-state index is -1.02. The molecule has 1 aromatic rings. The van der Waals surface area contributed by atoms with Crippen molar-refractivity contribution in [2.75, 3.05) is 5.32 Å². The van der Waals surface area contributed by atoms with Crippen LogP contribution >= 0.6 is 11.6 Å². The van der Waals surface area contributed by atoms with E-state index in [-0.39, 0.29) is 10.7 Å². The average Bonchev–Trinajstić information content (AvgIpc) is 2.41. The number of rotatable bonds is 3. The highest BCUT2D eigenvalue weighted by atomic mass is 35.5. The highest BCUT2D eigenvalue weighted by Crippen LogP contribution is 2.28. The maximum absolute atomic E-state index is 13.6. The predicted molar refractivity (Wildman–Crippen MR) is 73.0 cm³/mol. The van der Waals surface area contributed by atoms with Crippen LogP contribution in [0, 0.1) is 17.7 Å². The molecule has 0 aromatic heterocycles. The summed E-state index contributed by atoms with van der Waals surface area (Å²) in [5.74, 6) is -3.65. The van der Waals surface area contributed by atoms with Crippen molar-refractivity contribution < 1.29 is 19.1 Å². The average molecular weight is 298 g/mol. The molecule has 106 valence electrons. The fourth-order valence-electron chi connectivity index (χ4n) is 2.19. The molecule has 0 bridgehead atoms. The molecule has 1 aliphatic carbocycles. The van der Waals surface area contributed by atoms with Gasteiger partial charge in [-0.1, -0.05) is 23.8 Å². The number of carboxylic acids is 1.